The van der Waals surface area contributed by atoms with E-state index in [1.807, 2.05) is 30.3 Å². The van der Waals surface area contributed by atoms with Crippen LogP contribution in [0.1, 0.15) is 31.1 Å². The molecule has 1 aromatic heterocycles. The Morgan fingerprint density at radius 1 is 1.15 bits per heavy atom. The average Bonchev–Trinajstić information content (AvgIpc) is 3.30. The molecule has 2 aromatic rings. The molecule has 2 heterocycles. The van der Waals surface area contributed by atoms with Gasteiger partial charge in [0.15, 0.2) is 5.96 Å². The zero-order valence-corrected chi connectivity index (χ0v) is 17.6. The first-order valence-electron chi connectivity index (χ1n) is 8.96. The Labute approximate surface area is 172 Å². The van der Waals surface area contributed by atoms with Crippen LogP contribution in [-0.4, -0.2) is 31.3 Å². The van der Waals surface area contributed by atoms with Crippen molar-refractivity contribution >= 4 is 29.9 Å². The zero-order valence-electron chi connectivity index (χ0n) is 15.2. The van der Waals surface area contributed by atoms with Crippen LogP contribution in [0.4, 0.5) is 0 Å². The molecule has 0 spiro atoms. The average molecular weight is 469 g/mol. The van der Waals surface area contributed by atoms with E-state index in [1.165, 1.54) is 5.56 Å². The van der Waals surface area contributed by atoms with Gasteiger partial charge in [-0.1, -0.05) is 30.3 Å². The Balaban J connectivity index is 0.00000243. The molecular weight excluding hydrogens is 441 g/mol. The largest absolute Gasteiger partial charge is 0.469 e. The maximum Gasteiger partial charge on any atom is 0.191 e. The number of ether oxygens (including phenoxy) is 1. The van der Waals surface area contributed by atoms with Crippen LogP contribution in [0.3, 0.4) is 0 Å². The van der Waals surface area contributed by atoms with Crippen LogP contribution < -0.4 is 10.6 Å². The lowest BCUT2D eigenvalue weighted by atomic mass is 10.0. The number of nitrogens with zero attached hydrogens (tertiary/aromatic N) is 1. The molecule has 1 saturated heterocycles. The second-order valence-corrected chi connectivity index (χ2v) is 6.66. The summed E-state index contributed by atoms with van der Waals surface area (Å²) in [7, 11) is 0. The van der Waals surface area contributed by atoms with E-state index in [-0.39, 0.29) is 29.6 Å². The number of halogens is 1. The second kappa shape index (κ2) is 10.6. The van der Waals surface area contributed by atoms with Gasteiger partial charge in [0, 0.05) is 26.1 Å². The van der Waals surface area contributed by atoms with Crippen molar-refractivity contribution < 1.29 is 9.15 Å². The van der Waals surface area contributed by atoms with Gasteiger partial charge in [0.25, 0.3) is 0 Å². The highest BCUT2D eigenvalue weighted by Gasteiger charge is 2.29. The first-order chi connectivity index (χ1) is 12.2. The third-order valence-corrected chi connectivity index (χ3v) is 4.44. The highest BCUT2D eigenvalue weighted by molar-refractivity contribution is 14.0. The maximum atomic E-state index is 5.86. The molecule has 26 heavy (non-hydrogen) atoms. The Bertz CT molecular complexity index is 653. The third kappa shape index (κ3) is 6.64. The van der Waals surface area contributed by atoms with E-state index in [0.717, 1.165) is 50.7 Å². The van der Waals surface area contributed by atoms with Crippen LogP contribution >= 0.6 is 24.0 Å². The summed E-state index contributed by atoms with van der Waals surface area (Å²) in [6.45, 7) is 5.18. The van der Waals surface area contributed by atoms with Crippen molar-refractivity contribution in [3.05, 3.63) is 60.1 Å². The van der Waals surface area contributed by atoms with Crippen LogP contribution in [0.25, 0.3) is 0 Å². The van der Waals surface area contributed by atoms with E-state index < -0.39 is 0 Å². The van der Waals surface area contributed by atoms with Crippen molar-refractivity contribution in [2.45, 2.75) is 38.3 Å². The Morgan fingerprint density at radius 2 is 2.00 bits per heavy atom. The van der Waals surface area contributed by atoms with Gasteiger partial charge in [0.2, 0.25) is 0 Å². The minimum atomic E-state index is -0.101. The van der Waals surface area contributed by atoms with Crippen molar-refractivity contribution in [1.29, 1.82) is 0 Å². The molecule has 1 aliphatic rings. The van der Waals surface area contributed by atoms with Gasteiger partial charge in [0.1, 0.15) is 5.76 Å². The minimum absolute atomic E-state index is 0. The Morgan fingerprint density at radius 3 is 2.69 bits per heavy atom. The molecule has 0 amide bonds. The molecule has 1 fully saturated rings. The van der Waals surface area contributed by atoms with Gasteiger partial charge in [-0.15, -0.1) is 24.0 Å². The number of nitrogens with one attached hydrogen (secondary N) is 2. The maximum absolute atomic E-state index is 5.86. The molecule has 5 nitrogen and oxygen atoms in total. The standard InChI is InChI=1S/C20H27N3O2.HI/c1-20(11-6-14-25-20)16-23-19(21-12-10-18-9-5-13-24-18)22-15-17-7-3-2-4-8-17;/h2-5,7-9,13H,6,10-12,14-16H2,1H3,(H2,21,22,23);1H. The minimum Gasteiger partial charge on any atom is -0.469 e. The zero-order chi connectivity index (χ0) is 17.4. The van der Waals surface area contributed by atoms with Gasteiger partial charge in [-0.25, -0.2) is 4.99 Å². The van der Waals surface area contributed by atoms with Gasteiger partial charge in [0.05, 0.1) is 18.4 Å². The predicted molar refractivity (Wildman–Crippen MR) is 115 cm³/mol. The fraction of sp³-hybridized carbons (Fsp3) is 0.450. The molecule has 1 aliphatic heterocycles. The fourth-order valence-electron chi connectivity index (χ4n) is 2.93. The Kier molecular flexibility index (Phi) is 8.44. The van der Waals surface area contributed by atoms with Gasteiger partial charge < -0.3 is 19.8 Å². The summed E-state index contributed by atoms with van der Waals surface area (Å²) in [5, 5.41) is 6.83. The first kappa shape index (κ1) is 20.8. The normalized spacial score (nSPS) is 19.8. The molecule has 0 aliphatic carbocycles. The summed E-state index contributed by atoms with van der Waals surface area (Å²) in [5.41, 5.74) is 1.09. The number of hydrogen-bond donors (Lipinski definition) is 2. The van der Waals surface area contributed by atoms with E-state index in [9.17, 15) is 0 Å². The summed E-state index contributed by atoms with van der Waals surface area (Å²) >= 11 is 0. The quantitative estimate of drug-likeness (QED) is 0.369. The van der Waals surface area contributed by atoms with E-state index in [2.05, 4.69) is 29.7 Å². The number of hydrogen-bond acceptors (Lipinski definition) is 3. The highest BCUT2D eigenvalue weighted by Crippen LogP contribution is 2.23. The van der Waals surface area contributed by atoms with E-state index in [4.69, 9.17) is 14.1 Å². The van der Waals surface area contributed by atoms with Crippen molar-refractivity contribution in [3.63, 3.8) is 0 Å². The van der Waals surface area contributed by atoms with Crippen LogP contribution in [0.5, 0.6) is 0 Å². The topological polar surface area (TPSA) is 58.8 Å². The van der Waals surface area contributed by atoms with Crippen LogP contribution in [-0.2, 0) is 17.7 Å². The molecule has 6 heteroatoms. The smallest absolute Gasteiger partial charge is 0.191 e. The third-order valence-electron chi connectivity index (χ3n) is 4.44. The van der Waals surface area contributed by atoms with E-state index in [1.54, 1.807) is 6.26 Å². The summed E-state index contributed by atoms with van der Waals surface area (Å²) in [6, 6.07) is 14.2. The predicted octanol–water partition coefficient (Wildman–Crippen LogP) is 3.74. The van der Waals surface area contributed by atoms with Crippen LogP contribution in [0.2, 0.25) is 0 Å². The van der Waals surface area contributed by atoms with Crippen LogP contribution in [0.15, 0.2) is 58.1 Å². The lowest BCUT2D eigenvalue weighted by Gasteiger charge is -2.24. The number of aliphatic imine (C=N–C) groups is 1. The molecule has 0 bridgehead atoms. The monoisotopic (exact) mass is 469 g/mol. The van der Waals surface area contributed by atoms with Crippen molar-refractivity contribution in [1.82, 2.24) is 10.6 Å². The lowest BCUT2D eigenvalue weighted by Crippen LogP contribution is -2.46. The molecular formula is C20H28IN3O2. The van der Waals surface area contributed by atoms with Gasteiger partial charge in [-0.05, 0) is 37.5 Å². The summed E-state index contributed by atoms with van der Waals surface area (Å²) in [4.78, 5) is 4.71. The molecule has 0 radical (unpaired) electrons. The SMILES string of the molecule is CC1(CNC(=NCc2ccccc2)NCCc2ccco2)CCCO1.I. The summed E-state index contributed by atoms with van der Waals surface area (Å²) < 4.78 is 11.2. The first-order valence-corrected chi connectivity index (χ1v) is 8.96. The highest BCUT2D eigenvalue weighted by atomic mass is 127. The van der Waals surface area contributed by atoms with Crippen molar-refractivity contribution in [2.24, 2.45) is 4.99 Å². The molecule has 1 aromatic carbocycles. The fourth-order valence-corrected chi connectivity index (χ4v) is 2.93. The van der Waals surface area contributed by atoms with E-state index in [0.29, 0.717) is 6.54 Å². The second-order valence-electron chi connectivity index (χ2n) is 6.66. The van der Waals surface area contributed by atoms with Crippen LogP contribution in [0, 0.1) is 0 Å². The molecule has 142 valence electrons. The van der Waals surface area contributed by atoms with Gasteiger partial charge in [-0.2, -0.15) is 0 Å². The number of benzene rings is 1. The van der Waals surface area contributed by atoms with Gasteiger partial charge in [-0.3, -0.25) is 0 Å². The molecule has 1 unspecified atom stereocenters. The van der Waals surface area contributed by atoms with Crippen molar-refractivity contribution in [2.75, 3.05) is 19.7 Å². The molecule has 2 N–H and O–H groups in total. The number of guanidine groups is 1. The molecule has 0 saturated carbocycles. The summed E-state index contributed by atoms with van der Waals surface area (Å²) in [5.74, 6) is 1.79. The number of rotatable bonds is 7. The molecule has 3 rings (SSSR count). The Hall–Kier alpha value is -1.54. The van der Waals surface area contributed by atoms with E-state index >= 15 is 0 Å². The molecule has 1 atom stereocenters. The lowest BCUT2D eigenvalue weighted by molar-refractivity contribution is 0.0242. The van der Waals surface area contributed by atoms with Gasteiger partial charge >= 0.3 is 0 Å². The number of furan rings is 1. The summed E-state index contributed by atoms with van der Waals surface area (Å²) in [6.07, 6.45) is 4.74. The van der Waals surface area contributed by atoms with Crippen molar-refractivity contribution in [3.8, 4) is 0 Å².